The number of alkyl halides is 6. The summed E-state index contributed by atoms with van der Waals surface area (Å²) >= 11 is 0. The summed E-state index contributed by atoms with van der Waals surface area (Å²) in [7, 11) is 0. The van der Waals surface area contributed by atoms with E-state index in [0.717, 1.165) is 23.8 Å². The molecule has 1 aliphatic heterocycles. The molecule has 1 aliphatic rings. The highest BCUT2D eigenvalue weighted by atomic mass is 19.4. The van der Waals surface area contributed by atoms with Gasteiger partial charge in [0.25, 0.3) is 5.91 Å². The number of fused-ring (bicyclic) bond motifs is 1. The van der Waals surface area contributed by atoms with E-state index in [9.17, 15) is 40.7 Å². The molecule has 4 rings (SSSR count). The van der Waals surface area contributed by atoms with Crippen LogP contribution in [-0.2, 0) is 28.6 Å². The number of nitrogens with zero attached hydrogens (tertiary/aromatic N) is 1. The SMILES string of the molecule is CC(C)N1C(=O)[C@H](NC(=O)[C@@H](Cc2ccccc2OC(F)(F)F)NC(=O)c2ccc(C(F)(F)F)cc2)CCc2ccccc21. The maximum absolute atomic E-state index is 13.7. The topological polar surface area (TPSA) is 87.7 Å². The van der Waals surface area contributed by atoms with Crippen LogP contribution in [0.25, 0.3) is 0 Å². The van der Waals surface area contributed by atoms with Crippen LogP contribution in [0.2, 0.25) is 0 Å². The van der Waals surface area contributed by atoms with E-state index in [4.69, 9.17) is 0 Å². The molecule has 2 N–H and O–H groups in total. The van der Waals surface area contributed by atoms with Gasteiger partial charge in [-0.1, -0.05) is 36.4 Å². The zero-order chi connectivity index (χ0) is 32.2. The number of amides is 3. The van der Waals surface area contributed by atoms with Gasteiger partial charge in [-0.3, -0.25) is 14.4 Å². The molecule has 0 saturated heterocycles. The number of rotatable bonds is 8. The van der Waals surface area contributed by atoms with Gasteiger partial charge in [0.1, 0.15) is 17.8 Å². The summed E-state index contributed by atoms with van der Waals surface area (Å²) in [5.41, 5.74) is 0.277. The third-order valence-electron chi connectivity index (χ3n) is 7.04. The molecule has 13 heteroatoms. The van der Waals surface area contributed by atoms with Crippen molar-refractivity contribution in [3.8, 4) is 5.75 Å². The van der Waals surface area contributed by atoms with Crippen LogP contribution in [0.3, 0.4) is 0 Å². The van der Waals surface area contributed by atoms with Crippen LogP contribution in [0.1, 0.15) is 47.3 Å². The number of para-hydroxylation sites is 2. The second-order valence-electron chi connectivity index (χ2n) is 10.5. The molecule has 0 radical (unpaired) electrons. The minimum atomic E-state index is -5.04. The lowest BCUT2D eigenvalue weighted by atomic mass is 10.0. The summed E-state index contributed by atoms with van der Waals surface area (Å²) in [6.07, 6.45) is -9.54. The highest BCUT2D eigenvalue weighted by Crippen LogP contribution is 2.31. The zero-order valence-electron chi connectivity index (χ0n) is 23.6. The Balaban J connectivity index is 1.62. The quantitative estimate of drug-likeness (QED) is 0.311. The van der Waals surface area contributed by atoms with Crippen molar-refractivity contribution < 1.29 is 45.5 Å². The Bertz CT molecular complexity index is 1510. The molecular formula is C31H29F6N3O4. The third-order valence-corrected chi connectivity index (χ3v) is 7.04. The number of carbonyl (C=O) groups is 3. The van der Waals surface area contributed by atoms with Crippen LogP contribution in [0.15, 0.2) is 72.8 Å². The van der Waals surface area contributed by atoms with E-state index in [1.165, 1.54) is 18.2 Å². The number of hydrogen-bond donors (Lipinski definition) is 2. The fourth-order valence-electron chi connectivity index (χ4n) is 4.98. The van der Waals surface area contributed by atoms with Crippen molar-refractivity contribution in [2.24, 2.45) is 0 Å². The van der Waals surface area contributed by atoms with Gasteiger partial charge in [-0.2, -0.15) is 13.2 Å². The van der Waals surface area contributed by atoms with Gasteiger partial charge in [-0.15, -0.1) is 13.2 Å². The maximum atomic E-state index is 13.7. The van der Waals surface area contributed by atoms with Gasteiger partial charge in [0.2, 0.25) is 11.8 Å². The Labute approximate surface area is 249 Å². The van der Waals surface area contributed by atoms with Gasteiger partial charge in [0.15, 0.2) is 0 Å². The molecule has 1 heterocycles. The molecule has 0 aromatic heterocycles. The van der Waals surface area contributed by atoms with Gasteiger partial charge in [-0.25, -0.2) is 0 Å². The maximum Gasteiger partial charge on any atom is 0.573 e. The molecule has 3 aromatic carbocycles. The van der Waals surface area contributed by atoms with Crippen LogP contribution >= 0.6 is 0 Å². The first-order valence-electron chi connectivity index (χ1n) is 13.7. The number of ether oxygens (including phenoxy) is 1. The number of anilines is 1. The summed E-state index contributed by atoms with van der Waals surface area (Å²) in [6, 6.07) is 12.7. The first-order valence-corrected chi connectivity index (χ1v) is 13.7. The summed E-state index contributed by atoms with van der Waals surface area (Å²) in [5, 5.41) is 5.05. The predicted molar refractivity (Wildman–Crippen MR) is 149 cm³/mol. The zero-order valence-corrected chi connectivity index (χ0v) is 23.6. The fourth-order valence-corrected chi connectivity index (χ4v) is 4.98. The Morgan fingerprint density at radius 1 is 0.932 bits per heavy atom. The summed E-state index contributed by atoms with van der Waals surface area (Å²) in [5.74, 6) is -2.84. The van der Waals surface area contributed by atoms with Crippen molar-refractivity contribution in [1.82, 2.24) is 10.6 Å². The predicted octanol–water partition coefficient (Wildman–Crippen LogP) is 5.82. The van der Waals surface area contributed by atoms with E-state index in [1.54, 1.807) is 17.0 Å². The normalized spacial score (nSPS) is 16.2. The Morgan fingerprint density at radius 3 is 2.20 bits per heavy atom. The molecule has 0 saturated carbocycles. The van der Waals surface area contributed by atoms with Crippen molar-refractivity contribution in [2.45, 2.75) is 63.8 Å². The van der Waals surface area contributed by atoms with Crippen molar-refractivity contribution in [1.29, 1.82) is 0 Å². The van der Waals surface area contributed by atoms with Gasteiger partial charge in [-0.05, 0) is 74.2 Å². The Kier molecular flexibility index (Phi) is 9.55. The Hall–Kier alpha value is -4.55. The van der Waals surface area contributed by atoms with E-state index in [-0.39, 0.29) is 23.6 Å². The van der Waals surface area contributed by atoms with Gasteiger partial charge < -0.3 is 20.3 Å². The molecule has 0 aliphatic carbocycles. The van der Waals surface area contributed by atoms with Crippen molar-refractivity contribution in [3.63, 3.8) is 0 Å². The van der Waals surface area contributed by atoms with Crippen molar-refractivity contribution in [3.05, 3.63) is 95.1 Å². The molecule has 0 spiro atoms. The minimum absolute atomic E-state index is 0.0823. The summed E-state index contributed by atoms with van der Waals surface area (Å²) < 4.78 is 82.3. The molecule has 234 valence electrons. The molecule has 3 amide bonds. The average Bonchev–Trinajstić information content (AvgIpc) is 3.08. The van der Waals surface area contributed by atoms with E-state index < -0.39 is 60.1 Å². The third kappa shape index (κ3) is 7.88. The lowest BCUT2D eigenvalue weighted by molar-refractivity contribution is -0.274. The second-order valence-corrected chi connectivity index (χ2v) is 10.5. The van der Waals surface area contributed by atoms with Crippen LogP contribution in [0.4, 0.5) is 32.0 Å². The van der Waals surface area contributed by atoms with Crippen LogP contribution in [-0.4, -0.2) is 42.2 Å². The molecule has 7 nitrogen and oxygen atoms in total. The van der Waals surface area contributed by atoms with Crippen LogP contribution in [0.5, 0.6) is 5.75 Å². The highest BCUT2D eigenvalue weighted by molar-refractivity contribution is 6.02. The van der Waals surface area contributed by atoms with E-state index in [0.29, 0.717) is 24.2 Å². The number of carbonyl (C=O) groups excluding carboxylic acids is 3. The van der Waals surface area contributed by atoms with Crippen LogP contribution in [0, 0.1) is 0 Å². The smallest absolute Gasteiger partial charge is 0.406 e. The molecule has 0 bridgehead atoms. The van der Waals surface area contributed by atoms with Gasteiger partial charge >= 0.3 is 12.5 Å². The largest absolute Gasteiger partial charge is 0.573 e. The van der Waals surface area contributed by atoms with E-state index >= 15 is 0 Å². The van der Waals surface area contributed by atoms with E-state index in [2.05, 4.69) is 15.4 Å². The number of halogens is 6. The lowest BCUT2D eigenvalue weighted by Gasteiger charge is -2.30. The number of hydrogen-bond acceptors (Lipinski definition) is 4. The van der Waals surface area contributed by atoms with Crippen LogP contribution < -0.4 is 20.3 Å². The fraction of sp³-hybridized carbons (Fsp3) is 0.323. The minimum Gasteiger partial charge on any atom is -0.406 e. The number of benzene rings is 3. The van der Waals surface area contributed by atoms with Crippen molar-refractivity contribution in [2.75, 3.05) is 4.90 Å². The molecular weight excluding hydrogens is 592 g/mol. The number of aryl methyl sites for hydroxylation is 1. The first-order chi connectivity index (χ1) is 20.6. The standard InChI is InChI=1S/C31H29F6N3O4/c1-18(2)40-25-9-5-3-7-19(25)13-16-23(29(40)43)38-28(42)24(17-21-8-4-6-10-26(21)44-31(35,36)37)39-27(41)20-11-14-22(15-12-20)30(32,33)34/h3-12,14-15,18,23-24H,13,16-17H2,1-2H3,(H,38,42)(H,39,41)/t23-,24-/m1/s1. The molecule has 0 fully saturated rings. The summed E-state index contributed by atoms with van der Waals surface area (Å²) in [4.78, 5) is 41.9. The molecule has 2 atom stereocenters. The average molecular weight is 622 g/mol. The highest BCUT2D eigenvalue weighted by Gasteiger charge is 2.36. The number of nitrogens with one attached hydrogen (secondary N) is 2. The molecule has 44 heavy (non-hydrogen) atoms. The molecule has 0 unspecified atom stereocenters. The summed E-state index contributed by atoms with van der Waals surface area (Å²) in [6.45, 7) is 3.62. The second kappa shape index (κ2) is 13.0. The lowest BCUT2D eigenvalue weighted by Crippen LogP contribution is -2.55. The monoisotopic (exact) mass is 621 g/mol. The van der Waals surface area contributed by atoms with Gasteiger partial charge in [0.05, 0.1) is 5.56 Å². The molecule has 3 aromatic rings. The Morgan fingerprint density at radius 2 is 1.57 bits per heavy atom. The van der Waals surface area contributed by atoms with Gasteiger partial charge in [0, 0.05) is 23.7 Å². The van der Waals surface area contributed by atoms with E-state index in [1.807, 2.05) is 26.0 Å². The van der Waals surface area contributed by atoms with Crippen molar-refractivity contribution >= 4 is 23.4 Å². The first kappa shape index (κ1) is 32.4.